The minimum absolute atomic E-state index is 0.0856. The third-order valence-electron chi connectivity index (χ3n) is 6.03. The van der Waals surface area contributed by atoms with Crippen LogP contribution in [0.25, 0.3) is 0 Å². The van der Waals surface area contributed by atoms with Gasteiger partial charge >= 0.3 is 0 Å². The van der Waals surface area contributed by atoms with Crippen LogP contribution in [-0.2, 0) is 19.8 Å². The first kappa shape index (κ1) is 18.4. The summed E-state index contributed by atoms with van der Waals surface area (Å²) >= 11 is 0. The van der Waals surface area contributed by atoms with Crippen LogP contribution in [0, 0.1) is 11.3 Å². The quantitative estimate of drug-likeness (QED) is 0.654. The fourth-order valence-electron chi connectivity index (χ4n) is 4.62. The number of benzene rings is 1. The van der Waals surface area contributed by atoms with Gasteiger partial charge in [0.1, 0.15) is 12.5 Å². The lowest BCUT2D eigenvalue weighted by atomic mass is 9.80. The molecule has 146 valence electrons. The Kier molecular flexibility index (Phi) is 4.55. The standard InChI is InChI=1S/C20H22N4O4/c21-10-13-9-20(15-3-1-2-4-16(15)23-19(20)28)11-24(13)18(27)8-17(26)22-12-5-6-14(25)7-12/h1-4,12-14,25H,5-9,11H2,(H,22,26)(H,23,28)/t12-,13-,14+,20-/m0/s1. The molecule has 0 bridgehead atoms. The molecule has 1 aliphatic carbocycles. The molecule has 28 heavy (non-hydrogen) atoms. The molecule has 8 nitrogen and oxygen atoms in total. The third kappa shape index (κ3) is 3.02. The van der Waals surface area contributed by atoms with Crippen LogP contribution in [0.5, 0.6) is 0 Å². The van der Waals surface area contributed by atoms with Crippen LogP contribution in [0.4, 0.5) is 5.69 Å². The SMILES string of the molecule is N#C[C@@H]1C[C@@]2(CN1C(=O)CC(=O)N[C@H]1CC[C@@H](O)C1)C(=O)Nc1ccccc12. The number of nitrogens with one attached hydrogen (secondary N) is 2. The molecular weight excluding hydrogens is 360 g/mol. The van der Waals surface area contributed by atoms with Crippen LogP contribution in [-0.4, -0.2) is 52.5 Å². The van der Waals surface area contributed by atoms with Gasteiger partial charge in [-0.2, -0.15) is 5.26 Å². The molecule has 2 fully saturated rings. The van der Waals surface area contributed by atoms with E-state index in [9.17, 15) is 24.8 Å². The van der Waals surface area contributed by atoms with Crippen molar-refractivity contribution in [1.82, 2.24) is 10.2 Å². The molecule has 4 rings (SSSR count). The second-order valence-electron chi connectivity index (χ2n) is 7.86. The third-order valence-corrected chi connectivity index (χ3v) is 6.03. The van der Waals surface area contributed by atoms with E-state index in [1.54, 1.807) is 6.07 Å². The van der Waals surface area contributed by atoms with Gasteiger partial charge in [-0.15, -0.1) is 0 Å². The molecule has 8 heteroatoms. The van der Waals surface area contributed by atoms with E-state index in [1.165, 1.54) is 4.90 Å². The molecule has 1 saturated carbocycles. The number of aliphatic hydroxyl groups is 1. The number of likely N-dealkylation sites (tertiary alicyclic amines) is 1. The molecule has 3 amide bonds. The van der Waals surface area contributed by atoms with E-state index < -0.39 is 29.4 Å². The number of aliphatic hydroxyl groups excluding tert-OH is 1. The highest BCUT2D eigenvalue weighted by atomic mass is 16.3. The average molecular weight is 382 g/mol. The van der Waals surface area contributed by atoms with Crippen molar-refractivity contribution in [2.24, 2.45) is 0 Å². The van der Waals surface area contributed by atoms with Crippen molar-refractivity contribution in [2.45, 2.75) is 55.7 Å². The predicted octanol–water partition coefficient (Wildman–Crippen LogP) is 0.421. The summed E-state index contributed by atoms with van der Waals surface area (Å²) in [5.41, 5.74) is 0.551. The lowest BCUT2D eigenvalue weighted by Crippen LogP contribution is -2.42. The Labute approximate surface area is 162 Å². The van der Waals surface area contributed by atoms with Crippen molar-refractivity contribution < 1.29 is 19.5 Å². The molecule has 1 aromatic rings. The molecule has 1 aromatic carbocycles. The molecule has 0 aromatic heterocycles. The number of hydrogen-bond donors (Lipinski definition) is 3. The van der Waals surface area contributed by atoms with Crippen LogP contribution in [0.1, 0.15) is 37.7 Å². The normalized spacial score (nSPS) is 30.8. The van der Waals surface area contributed by atoms with Crippen molar-refractivity contribution in [3.63, 3.8) is 0 Å². The average Bonchev–Trinajstić information content (AvgIpc) is 3.33. The largest absolute Gasteiger partial charge is 0.393 e. The van der Waals surface area contributed by atoms with E-state index in [4.69, 9.17) is 0 Å². The van der Waals surface area contributed by atoms with Crippen LogP contribution in [0.15, 0.2) is 24.3 Å². The summed E-state index contributed by atoms with van der Waals surface area (Å²) in [6.45, 7) is 0.0856. The van der Waals surface area contributed by atoms with Crippen molar-refractivity contribution in [3.05, 3.63) is 29.8 Å². The molecule has 4 atom stereocenters. The molecule has 0 unspecified atom stereocenters. The number of amides is 3. The summed E-state index contributed by atoms with van der Waals surface area (Å²) in [6, 6.07) is 8.52. The number of rotatable bonds is 3. The summed E-state index contributed by atoms with van der Waals surface area (Å²) in [5, 5.41) is 24.7. The first-order valence-corrected chi connectivity index (χ1v) is 9.50. The molecule has 1 saturated heterocycles. The van der Waals surface area contributed by atoms with Crippen LogP contribution in [0.2, 0.25) is 0 Å². The second kappa shape index (κ2) is 6.91. The molecule has 3 aliphatic rings. The predicted molar refractivity (Wildman–Crippen MR) is 98.9 cm³/mol. The molecule has 0 radical (unpaired) electrons. The van der Waals surface area contributed by atoms with E-state index in [2.05, 4.69) is 16.7 Å². The Morgan fingerprint density at radius 3 is 2.86 bits per heavy atom. The zero-order valence-electron chi connectivity index (χ0n) is 15.4. The van der Waals surface area contributed by atoms with Gasteiger partial charge in [-0.25, -0.2) is 0 Å². The minimum atomic E-state index is -0.946. The highest BCUT2D eigenvalue weighted by Crippen LogP contribution is 2.46. The maximum atomic E-state index is 12.8. The van der Waals surface area contributed by atoms with Crippen LogP contribution < -0.4 is 10.6 Å². The van der Waals surface area contributed by atoms with E-state index in [1.807, 2.05) is 18.2 Å². The van der Waals surface area contributed by atoms with Gasteiger partial charge in [0.15, 0.2) is 0 Å². The highest BCUT2D eigenvalue weighted by molar-refractivity contribution is 6.07. The topological polar surface area (TPSA) is 123 Å². The molecule has 2 aliphatic heterocycles. The minimum Gasteiger partial charge on any atom is -0.393 e. The summed E-state index contributed by atoms with van der Waals surface area (Å²) < 4.78 is 0. The lowest BCUT2D eigenvalue weighted by Gasteiger charge is -2.23. The fraction of sp³-hybridized carbons (Fsp3) is 0.500. The van der Waals surface area contributed by atoms with E-state index in [0.717, 1.165) is 5.56 Å². The summed E-state index contributed by atoms with van der Waals surface area (Å²) in [7, 11) is 0. The van der Waals surface area contributed by atoms with Crippen LogP contribution >= 0.6 is 0 Å². The zero-order valence-corrected chi connectivity index (χ0v) is 15.4. The van der Waals surface area contributed by atoms with Gasteiger partial charge in [0.05, 0.1) is 17.6 Å². The van der Waals surface area contributed by atoms with Gasteiger partial charge in [0, 0.05) is 24.7 Å². The lowest BCUT2D eigenvalue weighted by molar-refractivity contribution is -0.136. The maximum Gasteiger partial charge on any atom is 0.237 e. The van der Waals surface area contributed by atoms with Gasteiger partial charge in [-0.05, 0) is 30.9 Å². The maximum absolute atomic E-state index is 12.8. The number of carbonyl (C=O) groups is 3. The van der Waals surface area contributed by atoms with E-state index in [-0.39, 0.29) is 31.3 Å². The van der Waals surface area contributed by atoms with E-state index >= 15 is 0 Å². The fourth-order valence-corrected chi connectivity index (χ4v) is 4.62. The van der Waals surface area contributed by atoms with Crippen molar-refractivity contribution >= 4 is 23.4 Å². The van der Waals surface area contributed by atoms with Gasteiger partial charge in [-0.3, -0.25) is 14.4 Å². The Hall–Kier alpha value is -2.92. The summed E-state index contributed by atoms with van der Waals surface area (Å²) in [5.74, 6) is -1.09. The number of carbonyl (C=O) groups excluding carboxylic acids is 3. The smallest absolute Gasteiger partial charge is 0.237 e. The number of hydrogen-bond acceptors (Lipinski definition) is 5. The van der Waals surface area contributed by atoms with Gasteiger partial charge < -0.3 is 20.6 Å². The van der Waals surface area contributed by atoms with E-state index in [0.29, 0.717) is 24.9 Å². The van der Waals surface area contributed by atoms with Crippen molar-refractivity contribution in [1.29, 1.82) is 5.26 Å². The Morgan fingerprint density at radius 2 is 2.14 bits per heavy atom. The number of fused-ring (bicyclic) bond motifs is 2. The summed E-state index contributed by atoms with van der Waals surface area (Å²) in [4.78, 5) is 39.1. The van der Waals surface area contributed by atoms with Crippen molar-refractivity contribution in [3.8, 4) is 6.07 Å². The monoisotopic (exact) mass is 382 g/mol. The molecule has 3 N–H and O–H groups in total. The first-order chi connectivity index (χ1) is 13.4. The summed E-state index contributed by atoms with van der Waals surface area (Å²) in [6.07, 6.45) is 1.25. The Morgan fingerprint density at radius 1 is 1.36 bits per heavy atom. The number of para-hydroxylation sites is 1. The highest BCUT2D eigenvalue weighted by Gasteiger charge is 2.55. The Balaban J connectivity index is 1.48. The first-order valence-electron chi connectivity index (χ1n) is 9.50. The molecular formula is C20H22N4O4. The molecule has 1 spiro atoms. The van der Waals surface area contributed by atoms with Gasteiger partial charge in [0.25, 0.3) is 0 Å². The Bertz CT molecular complexity index is 879. The zero-order chi connectivity index (χ0) is 19.9. The van der Waals surface area contributed by atoms with Gasteiger partial charge in [-0.1, -0.05) is 18.2 Å². The van der Waals surface area contributed by atoms with Gasteiger partial charge in [0.2, 0.25) is 17.7 Å². The number of anilines is 1. The number of nitriles is 1. The van der Waals surface area contributed by atoms with Crippen molar-refractivity contribution in [2.75, 3.05) is 11.9 Å². The number of nitrogens with zero attached hydrogens (tertiary/aromatic N) is 2. The van der Waals surface area contributed by atoms with Crippen LogP contribution in [0.3, 0.4) is 0 Å². The second-order valence-corrected chi connectivity index (χ2v) is 7.86. The molecule has 2 heterocycles.